The molecule has 0 radical (unpaired) electrons. The van der Waals surface area contributed by atoms with E-state index >= 15 is 0 Å². The maximum atomic E-state index is 8.63. The summed E-state index contributed by atoms with van der Waals surface area (Å²) in [6.45, 7) is 0.300. The van der Waals surface area contributed by atoms with Crippen LogP contribution in [0.25, 0.3) is 0 Å². The van der Waals surface area contributed by atoms with Crippen molar-refractivity contribution >= 4 is 11.6 Å². The second-order valence-corrected chi connectivity index (χ2v) is 2.78. The molecule has 2 nitrogen and oxygen atoms in total. The second kappa shape index (κ2) is 4.52. The Morgan fingerprint density at radius 1 is 1.31 bits per heavy atom. The van der Waals surface area contributed by atoms with E-state index in [4.69, 9.17) is 22.6 Å². The Morgan fingerprint density at radius 2 is 2.00 bits per heavy atom. The number of nitriles is 1. The summed E-state index contributed by atoms with van der Waals surface area (Å²) in [5, 5.41) is 9.14. The van der Waals surface area contributed by atoms with Crippen molar-refractivity contribution in [3.05, 3.63) is 34.3 Å². The molecule has 0 unspecified atom stereocenters. The average molecular weight is 191 g/mol. The van der Waals surface area contributed by atoms with E-state index in [0.29, 0.717) is 17.1 Å². The van der Waals surface area contributed by atoms with Crippen molar-refractivity contribution < 1.29 is 0 Å². The fourth-order valence-corrected chi connectivity index (χ4v) is 1.11. The molecule has 3 heteroatoms. The van der Waals surface area contributed by atoms with Crippen molar-refractivity contribution in [2.24, 2.45) is 5.73 Å². The van der Waals surface area contributed by atoms with E-state index in [1.165, 1.54) is 0 Å². The van der Waals surface area contributed by atoms with E-state index in [0.717, 1.165) is 5.56 Å². The second-order valence-electron chi connectivity index (χ2n) is 2.35. The molecular formula is C10H7ClN2. The number of rotatable bonds is 0. The number of nitrogens with two attached hydrogens (primary N) is 1. The fourth-order valence-electron chi connectivity index (χ4n) is 0.879. The average Bonchev–Trinajstić information content (AvgIpc) is 2.14. The van der Waals surface area contributed by atoms with Gasteiger partial charge in [-0.05, 0) is 18.2 Å². The first-order chi connectivity index (χ1) is 6.26. The van der Waals surface area contributed by atoms with Gasteiger partial charge >= 0.3 is 0 Å². The Labute approximate surface area is 81.9 Å². The topological polar surface area (TPSA) is 49.8 Å². The standard InChI is InChI=1S/C10H7ClN2/c11-10-5-8(2-1-3-12)4-9(6-10)7-13/h4-6H,3,12H2. The van der Waals surface area contributed by atoms with Crippen LogP contribution in [0.1, 0.15) is 11.1 Å². The Morgan fingerprint density at radius 3 is 2.62 bits per heavy atom. The van der Waals surface area contributed by atoms with Gasteiger partial charge in [-0.25, -0.2) is 0 Å². The lowest BCUT2D eigenvalue weighted by Crippen LogP contribution is -1.93. The van der Waals surface area contributed by atoms with E-state index in [2.05, 4.69) is 11.8 Å². The summed E-state index contributed by atoms with van der Waals surface area (Å²) >= 11 is 5.76. The van der Waals surface area contributed by atoms with Crippen molar-refractivity contribution in [1.29, 1.82) is 5.26 Å². The molecule has 13 heavy (non-hydrogen) atoms. The zero-order valence-corrected chi connectivity index (χ0v) is 7.60. The molecule has 0 amide bonds. The van der Waals surface area contributed by atoms with Gasteiger partial charge in [0.2, 0.25) is 0 Å². The van der Waals surface area contributed by atoms with Crippen molar-refractivity contribution in [1.82, 2.24) is 0 Å². The first-order valence-corrected chi connectivity index (χ1v) is 4.03. The van der Waals surface area contributed by atoms with Crippen LogP contribution < -0.4 is 5.73 Å². The van der Waals surface area contributed by atoms with Crippen LogP contribution in [0.3, 0.4) is 0 Å². The van der Waals surface area contributed by atoms with Gasteiger partial charge in [-0.2, -0.15) is 5.26 Å². The molecule has 0 bridgehead atoms. The summed E-state index contributed by atoms with van der Waals surface area (Å²) in [4.78, 5) is 0. The van der Waals surface area contributed by atoms with Gasteiger partial charge in [0.15, 0.2) is 0 Å². The van der Waals surface area contributed by atoms with Crippen LogP contribution in [0.4, 0.5) is 0 Å². The number of benzene rings is 1. The predicted molar refractivity (Wildman–Crippen MR) is 52.1 cm³/mol. The summed E-state index contributed by atoms with van der Waals surface area (Å²) in [5.74, 6) is 5.50. The van der Waals surface area contributed by atoms with Gasteiger partial charge in [0, 0.05) is 10.6 Å². The van der Waals surface area contributed by atoms with Crippen LogP contribution in [0.5, 0.6) is 0 Å². The molecule has 1 aromatic carbocycles. The van der Waals surface area contributed by atoms with Crippen molar-refractivity contribution in [3.8, 4) is 17.9 Å². The summed E-state index contributed by atoms with van der Waals surface area (Å²) in [7, 11) is 0. The third kappa shape index (κ3) is 2.80. The SMILES string of the molecule is N#Cc1cc(Cl)cc(C#CCN)c1. The predicted octanol–water partition coefficient (Wildman–Crippen LogP) is 1.52. The first-order valence-electron chi connectivity index (χ1n) is 3.66. The molecule has 0 atom stereocenters. The van der Waals surface area contributed by atoms with Crippen LogP contribution in [0.2, 0.25) is 5.02 Å². The van der Waals surface area contributed by atoms with E-state index < -0.39 is 0 Å². The maximum Gasteiger partial charge on any atom is 0.0992 e. The van der Waals surface area contributed by atoms with Crippen molar-refractivity contribution in [3.63, 3.8) is 0 Å². The maximum absolute atomic E-state index is 8.63. The normalized spacial score (nSPS) is 8.38. The molecule has 64 valence electrons. The highest BCUT2D eigenvalue weighted by atomic mass is 35.5. The first kappa shape index (κ1) is 9.61. The highest BCUT2D eigenvalue weighted by molar-refractivity contribution is 6.30. The van der Waals surface area contributed by atoms with Crippen LogP contribution in [-0.4, -0.2) is 6.54 Å². The monoisotopic (exact) mass is 190 g/mol. The van der Waals surface area contributed by atoms with Gasteiger partial charge in [-0.3, -0.25) is 0 Å². The van der Waals surface area contributed by atoms with Gasteiger partial charge in [0.1, 0.15) is 0 Å². The van der Waals surface area contributed by atoms with Crippen LogP contribution in [0.15, 0.2) is 18.2 Å². The molecule has 0 saturated heterocycles. The summed E-state index contributed by atoms with van der Waals surface area (Å²) < 4.78 is 0. The molecule has 0 aliphatic heterocycles. The van der Waals surface area contributed by atoms with Gasteiger partial charge in [-0.1, -0.05) is 23.4 Å². The minimum Gasteiger partial charge on any atom is -0.320 e. The zero-order chi connectivity index (χ0) is 9.68. The number of hydrogen-bond acceptors (Lipinski definition) is 2. The number of halogens is 1. The van der Waals surface area contributed by atoms with E-state index in [1.54, 1.807) is 18.2 Å². The van der Waals surface area contributed by atoms with Gasteiger partial charge in [-0.15, -0.1) is 0 Å². The van der Waals surface area contributed by atoms with E-state index in [-0.39, 0.29) is 0 Å². The minimum atomic E-state index is 0.300. The molecule has 0 aliphatic carbocycles. The van der Waals surface area contributed by atoms with Gasteiger partial charge in [0.05, 0.1) is 18.2 Å². The zero-order valence-electron chi connectivity index (χ0n) is 6.84. The molecule has 0 fully saturated rings. The van der Waals surface area contributed by atoms with Crippen molar-refractivity contribution in [2.45, 2.75) is 0 Å². The number of nitrogens with zero attached hydrogens (tertiary/aromatic N) is 1. The lowest BCUT2D eigenvalue weighted by Gasteiger charge is -1.93. The largest absolute Gasteiger partial charge is 0.320 e. The summed E-state index contributed by atoms with van der Waals surface area (Å²) in [6, 6.07) is 6.97. The molecule has 0 aliphatic rings. The third-order valence-corrected chi connectivity index (χ3v) is 1.58. The molecule has 2 N–H and O–H groups in total. The highest BCUT2D eigenvalue weighted by Gasteiger charge is 1.95. The summed E-state index contributed by atoms with van der Waals surface area (Å²) in [6.07, 6.45) is 0. The Balaban J connectivity index is 3.10. The fraction of sp³-hybridized carbons (Fsp3) is 0.100. The highest BCUT2D eigenvalue weighted by Crippen LogP contribution is 2.13. The molecule has 1 rings (SSSR count). The lowest BCUT2D eigenvalue weighted by atomic mass is 10.1. The molecule has 0 heterocycles. The Hall–Kier alpha value is -1.48. The molecular weight excluding hydrogens is 184 g/mol. The van der Waals surface area contributed by atoms with Crippen LogP contribution in [0, 0.1) is 23.2 Å². The minimum absolute atomic E-state index is 0.300. The Kier molecular flexibility index (Phi) is 3.34. The molecule has 1 aromatic rings. The van der Waals surface area contributed by atoms with E-state index in [9.17, 15) is 0 Å². The Bertz CT molecular complexity index is 407. The smallest absolute Gasteiger partial charge is 0.0992 e. The summed E-state index contributed by atoms with van der Waals surface area (Å²) in [5.41, 5.74) is 6.44. The molecule has 0 aromatic heterocycles. The van der Waals surface area contributed by atoms with Crippen LogP contribution in [-0.2, 0) is 0 Å². The third-order valence-electron chi connectivity index (χ3n) is 1.36. The van der Waals surface area contributed by atoms with Crippen LogP contribution >= 0.6 is 11.6 Å². The van der Waals surface area contributed by atoms with Gasteiger partial charge in [0.25, 0.3) is 0 Å². The lowest BCUT2D eigenvalue weighted by molar-refractivity contribution is 1.30. The van der Waals surface area contributed by atoms with E-state index in [1.807, 2.05) is 6.07 Å². The quantitative estimate of drug-likeness (QED) is 0.631. The molecule has 0 spiro atoms. The van der Waals surface area contributed by atoms with Gasteiger partial charge < -0.3 is 5.73 Å². The number of hydrogen-bond donors (Lipinski definition) is 1. The molecule has 0 saturated carbocycles. The van der Waals surface area contributed by atoms with Crippen molar-refractivity contribution in [2.75, 3.05) is 6.54 Å².